The van der Waals surface area contributed by atoms with Crippen LogP contribution >= 0.6 is 0 Å². The van der Waals surface area contributed by atoms with Crippen LogP contribution in [0, 0.1) is 30.6 Å². The van der Waals surface area contributed by atoms with Gasteiger partial charge in [0.1, 0.15) is 31.3 Å². The molecule has 3 aliphatic carbocycles. The molecule has 4 aliphatic rings. The molecule has 1 aliphatic heterocycles. The first-order chi connectivity index (χ1) is 31.4. The molecule has 0 spiro atoms. The van der Waals surface area contributed by atoms with Crippen LogP contribution in [0.5, 0.6) is 11.5 Å². The first kappa shape index (κ1) is 45.5. The van der Waals surface area contributed by atoms with E-state index in [4.69, 9.17) is 24.2 Å². The van der Waals surface area contributed by atoms with Crippen molar-refractivity contribution in [2.75, 3.05) is 26.9 Å². The monoisotopic (exact) mass is 869 g/mol. The minimum absolute atomic E-state index is 0.0762. The number of ether oxygens (including phenoxy) is 3. The van der Waals surface area contributed by atoms with E-state index >= 15 is 4.79 Å². The standard InChI is InChI=1S/C54H67N3O7/c1-4-31-63-54-50(57(51(60)28-25-38-16-5-6-17-38)35-41-21-14-20-39-18-7-8-23-44(39)41)34-48(56-61-3)46-32-40(19-9-11-29-58)45(24-10-12-30-59)52(53(46)54)47-33-43(26-27-49(47)64-54)62-36-42-22-13-15-37(2)55-42/h4,7-8,13-15,18,20-23,26-27,32-33,38,40,45,50,52-53,58-59H,1,5-6,9-12,16-17,19,24-25,28-31,34-36H2,2-3H3. The Bertz CT molecular complexity index is 2280. The van der Waals surface area contributed by atoms with Crippen LogP contribution in [0.15, 0.2) is 108 Å². The third kappa shape index (κ3) is 9.80. The zero-order valence-corrected chi connectivity index (χ0v) is 37.8. The number of hydrogen-bond acceptors (Lipinski definition) is 9. The van der Waals surface area contributed by atoms with E-state index in [1.165, 1.54) is 25.7 Å². The third-order valence-corrected chi connectivity index (χ3v) is 14.3. The van der Waals surface area contributed by atoms with Gasteiger partial charge in [-0.1, -0.05) is 104 Å². The van der Waals surface area contributed by atoms with Crippen LogP contribution in [0.4, 0.5) is 0 Å². The Kier molecular flexibility index (Phi) is 15.2. The number of pyridine rings is 1. The topological polar surface area (TPSA) is 123 Å². The van der Waals surface area contributed by atoms with Crippen LogP contribution in [0.25, 0.3) is 10.8 Å². The number of allylic oxidation sites excluding steroid dienone is 1. The summed E-state index contributed by atoms with van der Waals surface area (Å²) in [6, 6.07) is 26.2. The summed E-state index contributed by atoms with van der Waals surface area (Å²) in [6.45, 7) is 7.24. The molecule has 2 heterocycles. The van der Waals surface area contributed by atoms with Crippen molar-refractivity contribution in [2.24, 2.45) is 28.8 Å². The number of amides is 1. The molecule has 0 radical (unpaired) electrons. The van der Waals surface area contributed by atoms with Crippen molar-refractivity contribution in [2.45, 2.75) is 121 Å². The van der Waals surface area contributed by atoms with Gasteiger partial charge in [0.25, 0.3) is 0 Å². The highest BCUT2D eigenvalue weighted by atomic mass is 16.7. The summed E-state index contributed by atoms with van der Waals surface area (Å²) in [5.74, 6) is 0.390. The second-order valence-electron chi connectivity index (χ2n) is 18.4. The highest BCUT2D eigenvalue weighted by Crippen LogP contribution is 2.62. The van der Waals surface area contributed by atoms with Gasteiger partial charge in [-0.2, -0.15) is 0 Å². The number of carbonyl (C=O) groups is 1. The van der Waals surface area contributed by atoms with Crippen molar-refractivity contribution in [3.05, 3.63) is 126 Å². The van der Waals surface area contributed by atoms with Crippen molar-refractivity contribution >= 4 is 22.4 Å². The molecule has 8 rings (SSSR count). The van der Waals surface area contributed by atoms with Gasteiger partial charge in [-0.05, 0) is 109 Å². The average Bonchev–Trinajstić information content (AvgIpc) is 3.84. The molecule has 2 fully saturated rings. The Labute approximate surface area is 379 Å². The normalized spacial score (nSPS) is 24.4. The molecular weight excluding hydrogens is 803 g/mol. The smallest absolute Gasteiger partial charge is 0.239 e. The second kappa shape index (κ2) is 21.3. The fourth-order valence-electron chi connectivity index (χ4n) is 11.4. The molecule has 2 N–H and O–H groups in total. The van der Waals surface area contributed by atoms with Crippen LogP contribution in [0.2, 0.25) is 0 Å². The van der Waals surface area contributed by atoms with Gasteiger partial charge in [-0.3, -0.25) is 9.78 Å². The summed E-state index contributed by atoms with van der Waals surface area (Å²) in [6.07, 6.45) is 15.4. The number of oxime groups is 1. The average molecular weight is 870 g/mol. The lowest BCUT2D eigenvalue weighted by atomic mass is 9.55. The minimum Gasteiger partial charge on any atom is -0.487 e. The Morgan fingerprint density at radius 3 is 2.53 bits per heavy atom. The van der Waals surface area contributed by atoms with Crippen molar-refractivity contribution in [1.29, 1.82) is 0 Å². The van der Waals surface area contributed by atoms with E-state index in [2.05, 4.69) is 71.1 Å². The SMILES string of the molecule is C=CCOC12Oc3ccc(OCc4cccc(C)n4)cc3C3C(CCCCO)C(CCCCO)C=C(C(=NOC)CC1N(Cc1cccc4ccccc14)C(=O)CCC1CCCC1)C32. The van der Waals surface area contributed by atoms with E-state index in [1.807, 2.05) is 37.3 Å². The van der Waals surface area contributed by atoms with Crippen LogP contribution < -0.4 is 9.47 Å². The van der Waals surface area contributed by atoms with Gasteiger partial charge in [-0.15, -0.1) is 6.58 Å². The van der Waals surface area contributed by atoms with Crippen molar-refractivity contribution in [3.63, 3.8) is 0 Å². The first-order valence-corrected chi connectivity index (χ1v) is 23.8. The molecule has 4 aromatic rings. The number of nitrogens with zero attached hydrogens (tertiary/aromatic N) is 3. The number of aliphatic hydroxyl groups excluding tert-OH is 2. The van der Waals surface area contributed by atoms with E-state index < -0.39 is 17.7 Å². The number of unbranched alkanes of at least 4 members (excludes halogenated alkanes) is 2. The molecule has 340 valence electrons. The second-order valence-corrected chi connectivity index (χ2v) is 18.4. The van der Waals surface area contributed by atoms with Gasteiger partial charge in [0, 0.05) is 49.8 Å². The number of hydrogen-bond donors (Lipinski definition) is 2. The molecular formula is C54H67N3O7. The molecule has 10 nitrogen and oxygen atoms in total. The van der Waals surface area contributed by atoms with Gasteiger partial charge in [0.05, 0.1) is 23.9 Å². The number of carbonyl (C=O) groups excluding carboxylic acids is 1. The highest BCUT2D eigenvalue weighted by Gasteiger charge is 2.65. The molecule has 1 amide bonds. The van der Waals surface area contributed by atoms with E-state index in [0.717, 1.165) is 76.7 Å². The molecule has 10 heteroatoms. The van der Waals surface area contributed by atoms with Crippen molar-refractivity contribution < 1.29 is 34.1 Å². The lowest BCUT2D eigenvalue weighted by Gasteiger charge is -2.60. The molecule has 2 saturated carbocycles. The maximum atomic E-state index is 15.3. The van der Waals surface area contributed by atoms with Crippen LogP contribution in [0.1, 0.15) is 112 Å². The largest absolute Gasteiger partial charge is 0.487 e. The van der Waals surface area contributed by atoms with Gasteiger partial charge in [-0.25, -0.2) is 0 Å². The molecule has 1 aromatic heterocycles. The third-order valence-electron chi connectivity index (χ3n) is 14.3. The first-order valence-electron chi connectivity index (χ1n) is 23.8. The van der Waals surface area contributed by atoms with Crippen molar-refractivity contribution in [1.82, 2.24) is 9.88 Å². The summed E-state index contributed by atoms with van der Waals surface area (Å²) in [4.78, 5) is 27.8. The Morgan fingerprint density at radius 1 is 0.969 bits per heavy atom. The lowest BCUT2D eigenvalue weighted by molar-refractivity contribution is -0.258. The van der Waals surface area contributed by atoms with Crippen LogP contribution in [0.3, 0.4) is 0 Å². The lowest BCUT2D eigenvalue weighted by Crippen LogP contribution is -2.70. The van der Waals surface area contributed by atoms with Crippen LogP contribution in [-0.4, -0.2) is 70.5 Å². The fraction of sp³-hybridized carbons (Fsp3) is 0.500. The highest BCUT2D eigenvalue weighted by molar-refractivity contribution is 6.03. The zero-order chi connectivity index (χ0) is 44.5. The maximum absolute atomic E-state index is 15.3. The number of aliphatic hydroxyl groups is 2. The number of benzene rings is 3. The summed E-state index contributed by atoms with van der Waals surface area (Å²) in [5.41, 5.74) is 5.67. The summed E-state index contributed by atoms with van der Waals surface area (Å²) < 4.78 is 21.3. The molecule has 0 bridgehead atoms. The van der Waals surface area contributed by atoms with Gasteiger partial charge in [0.15, 0.2) is 0 Å². The minimum atomic E-state index is -1.34. The zero-order valence-electron chi connectivity index (χ0n) is 37.8. The maximum Gasteiger partial charge on any atom is 0.239 e. The number of fused-ring (bicyclic) bond motifs is 3. The summed E-state index contributed by atoms with van der Waals surface area (Å²) in [7, 11) is 1.59. The van der Waals surface area contributed by atoms with Gasteiger partial charge >= 0.3 is 0 Å². The Morgan fingerprint density at radius 2 is 1.75 bits per heavy atom. The fourth-order valence-corrected chi connectivity index (χ4v) is 11.4. The number of aryl methyl sites for hydroxylation is 1. The summed E-state index contributed by atoms with van der Waals surface area (Å²) >= 11 is 0. The summed E-state index contributed by atoms with van der Waals surface area (Å²) in [5, 5.41) is 27.0. The quantitative estimate of drug-likeness (QED) is 0.0482. The number of rotatable bonds is 21. The Hall–Kier alpha value is -5.03. The predicted molar refractivity (Wildman–Crippen MR) is 251 cm³/mol. The Balaban J connectivity index is 1.30. The molecule has 6 unspecified atom stereocenters. The van der Waals surface area contributed by atoms with E-state index in [0.29, 0.717) is 56.3 Å². The van der Waals surface area contributed by atoms with Crippen molar-refractivity contribution in [3.8, 4) is 11.5 Å². The predicted octanol–water partition coefficient (Wildman–Crippen LogP) is 10.4. The van der Waals surface area contributed by atoms with Gasteiger partial charge < -0.3 is 34.2 Å². The molecule has 6 atom stereocenters. The molecule has 3 aromatic carbocycles. The van der Waals surface area contributed by atoms with E-state index in [9.17, 15) is 10.2 Å². The number of aromatic nitrogens is 1. The van der Waals surface area contributed by atoms with Crippen LogP contribution in [-0.2, 0) is 27.5 Å². The van der Waals surface area contributed by atoms with Gasteiger partial charge in [0.2, 0.25) is 11.7 Å². The molecule has 0 saturated heterocycles. The van der Waals surface area contributed by atoms with E-state index in [-0.39, 0.29) is 43.5 Å². The molecule has 64 heavy (non-hydrogen) atoms. The van der Waals surface area contributed by atoms with E-state index in [1.54, 1.807) is 13.2 Å².